The van der Waals surface area contributed by atoms with Crippen molar-refractivity contribution < 1.29 is 24.8 Å². The lowest BCUT2D eigenvalue weighted by Gasteiger charge is -2.21. The van der Waals surface area contributed by atoms with Crippen LogP contribution >= 0.6 is 0 Å². The van der Waals surface area contributed by atoms with Crippen LogP contribution in [0.25, 0.3) is 21.8 Å². The van der Waals surface area contributed by atoms with E-state index in [2.05, 4.69) is 6.58 Å². The van der Waals surface area contributed by atoms with E-state index in [0.717, 1.165) is 0 Å². The van der Waals surface area contributed by atoms with E-state index in [0.29, 0.717) is 27.9 Å². The number of nitrogens with zero attached hydrogens (tertiary/aromatic N) is 1. The van der Waals surface area contributed by atoms with Crippen LogP contribution in [0.15, 0.2) is 35.1 Å². The predicted molar refractivity (Wildman–Crippen MR) is 108 cm³/mol. The number of rotatable bonds is 5. The van der Waals surface area contributed by atoms with Crippen molar-refractivity contribution >= 4 is 21.8 Å². The Kier molecular flexibility index (Phi) is 4.95. The Hall–Kier alpha value is -3.19. The molecule has 1 heterocycles. The number of ether oxygens (including phenoxy) is 2. The summed E-state index contributed by atoms with van der Waals surface area (Å²) in [5.74, 6) is 0.140. The molecule has 2 aromatic carbocycles. The Labute approximate surface area is 161 Å². The largest absolute Gasteiger partial charge is 0.507 e. The van der Waals surface area contributed by atoms with E-state index in [1.807, 2.05) is 0 Å². The zero-order valence-corrected chi connectivity index (χ0v) is 16.2. The molecule has 0 aliphatic heterocycles. The molecule has 7 heteroatoms. The molecule has 1 aromatic heterocycles. The molecule has 3 N–H and O–H groups in total. The van der Waals surface area contributed by atoms with Crippen LogP contribution in [-0.2, 0) is 13.5 Å². The van der Waals surface area contributed by atoms with Crippen molar-refractivity contribution in [1.29, 1.82) is 0 Å². The number of hydrogen-bond donors (Lipinski definition) is 3. The average Bonchev–Trinajstić information content (AvgIpc) is 2.66. The predicted octanol–water partition coefficient (Wildman–Crippen LogP) is 2.60. The Balaban J connectivity index is 2.58. The van der Waals surface area contributed by atoms with Crippen molar-refractivity contribution in [2.45, 2.75) is 19.4 Å². The first kappa shape index (κ1) is 19.6. The highest BCUT2D eigenvalue weighted by Gasteiger charge is 2.24. The van der Waals surface area contributed by atoms with Gasteiger partial charge in [0.25, 0.3) is 0 Å². The number of benzene rings is 2. The van der Waals surface area contributed by atoms with Gasteiger partial charge in [-0.15, -0.1) is 0 Å². The van der Waals surface area contributed by atoms with Crippen LogP contribution < -0.4 is 14.9 Å². The van der Waals surface area contributed by atoms with Crippen LogP contribution in [0.1, 0.15) is 12.5 Å². The van der Waals surface area contributed by atoms with E-state index in [1.165, 1.54) is 32.4 Å². The molecule has 0 saturated heterocycles. The van der Waals surface area contributed by atoms with E-state index < -0.39 is 11.5 Å². The number of aromatic nitrogens is 1. The molecule has 7 nitrogen and oxygen atoms in total. The molecule has 0 saturated carbocycles. The lowest BCUT2D eigenvalue weighted by Crippen LogP contribution is -2.17. The standard InChI is InChI=1S/C21H23NO6/c1-10(2)14(24)8-12-16(27-4)9-15(25)17-18(12)22(3)19-11(20(17)26)6-7-13(23)21(19)28-5/h6-7,9,14,23-25H,1,8H2,2-5H3/t14-/m1/s1. The average molecular weight is 385 g/mol. The van der Waals surface area contributed by atoms with Crippen LogP contribution in [0.5, 0.6) is 23.0 Å². The monoisotopic (exact) mass is 385 g/mol. The maximum Gasteiger partial charge on any atom is 0.201 e. The SMILES string of the molecule is C=C(C)[C@H](O)Cc1c(OC)cc(O)c2c(=O)c3ccc(O)c(OC)c3n(C)c12. The summed E-state index contributed by atoms with van der Waals surface area (Å²) in [6.45, 7) is 5.48. The number of methoxy groups -OCH3 is 2. The summed E-state index contributed by atoms with van der Waals surface area (Å²) in [6.07, 6.45) is -0.728. The summed E-state index contributed by atoms with van der Waals surface area (Å²) in [5, 5.41) is 31.5. The van der Waals surface area contributed by atoms with E-state index >= 15 is 0 Å². The van der Waals surface area contributed by atoms with Crippen molar-refractivity contribution in [3.63, 3.8) is 0 Å². The van der Waals surface area contributed by atoms with Gasteiger partial charge in [0.15, 0.2) is 11.5 Å². The van der Waals surface area contributed by atoms with Crippen molar-refractivity contribution in [3.05, 3.63) is 46.1 Å². The fourth-order valence-corrected chi connectivity index (χ4v) is 3.54. The van der Waals surface area contributed by atoms with Gasteiger partial charge in [-0.05, 0) is 19.1 Å². The molecule has 0 bridgehead atoms. The molecule has 0 spiro atoms. The Morgan fingerprint density at radius 2 is 1.86 bits per heavy atom. The first-order chi connectivity index (χ1) is 13.2. The zero-order chi connectivity index (χ0) is 20.7. The van der Waals surface area contributed by atoms with Crippen LogP contribution in [0.3, 0.4) is 0 Å². The van der Waals surface area contributed by atoms with Gasteiger partial charge in [0.1, 0.15) is 11.5 Å². The molecule has 28 heavy (non-hydrogen) atoms. The molecule has 1 atom stereocenters. The Morgan fingerprint density at radius 1 is 1.18 bits per heavy atom. The summed E-state index contributed by atoms with van der Waals surface area (Å²) in [4.78, 5) is 13.2. The van der Waals surface area contributed by atoms with Gasteiger partial charge in [0, 0.05) is 25.1 Å². The quantitative estimate of drug-likeness (QED) is 0.461. The third kappa shape index (κ3) is 2.84. The first-order valence-corrected chi connectivity index (χ1v) is 8.67. The third-order valence-electron chi connectivity index (χ3n) is 4.99. The second-order valence-corrected chi connectivity index (χ2v) is 6.77. The highest BCUT2D eigenvalue weighted by molar-refractivity contribution is 6.01. The summed E-state index contributed by atoms with van der Waals surface area (Å²) < 4.78 is 12.4. The van der Waals surface area contributed by atoms with E-state index in [1.54, 1.807) is 18.5 Å². The van der Waals surface area contributed by atoms with Crippen molar-refractivity contribution in [3.8, 4) is 23.0 Å². The molecule has 0 unspecified atom stereocenters. The molecule has 0 radical (unpaired) electrons. The molecular formula is C21H23NO6. The number of aliphatic hydroxyl groups is 1. The van der Waals surface area contributed by atoms with Gasteiger partial charge in [-0.25, -0.2) is 0 Å². The number of aliphatic hydroxyl groups excluding tert-OH is 1. The van der Waals surface area contributed by atoms with Crippen molar-refractivity contribution in [2.24, 2.45) is 7.05 Å². The Morgan fingerprint density at radius 3 is 2.43 bits per heavy atom. The van der Waals surface area contributed by atoms with Gasteiger partial charge in [-0.2, -0.15) is 0 Å². The second kappa shape index (κ2) is 7.09. The number of phenolic OH excluding ortho intramolecular Hbond substituents is 2. The molecule has 0 aliphatic rings. The molecule has 3 rings (SSSR count). The summed E-state index contributed by atoms with van der Waals surface area (Å²) >= 11 is 0. The third-order valence-corrected chi connectivity index (χ3v) is 4.99. The topological polar surface area (TPSA) is 101 Å². The smallest absolute Gasteiger partial charge is 0.201 e. The minimum absolute atomic E-state index is 0.104. The number of fused-ring (bicyclic) bond motifs is 2. The molecule has 3 aromatic rings. The van der Waals surface area contributed by atoms with Crippen molar-refractivity contribution in [1.82, 2.24) is 4.57 Å². The summed E-state index contributed by atoms with van der Waals surface area (Å²) in [7, 11) is 4.54. The second-order valence-electron chi connectivity index (χ2n) is 6.77. The fourth-order valence-electron chi connectivity index (χ4n) is 3.54. The molecular weight excluding hydrogens is 362 g/mol. The van der Waals surface area contributed by atoms with Gasteiger partial charge in [0.2, 0.25) is 5.43 Å². The molecule has 0 aliphatic carbocycles. The van der Waals surface area contributed by atoms with Gasteiger partial charge in [-0.3, -0.25) is 4.79 Å². The zero-order valence-electron chi connectivity index (χ0n) is 16.2. The fraction of sp³-hybridized carbons (Fsp3) is 0.286. The van der Waals surface area contributed by atoms with Crippen LogP contribution in [0.4, 0.5) is 0 Å². The van der Waals surface area contributed by atoms with Gasteiger partial charge in [-0.1, -0.05) is 12.2 Å². The maximum absolute atomic E-state index is 13.2. The highest BCUT2D eigenvalue weighted by Crippen LogP contribution is 2.39. The van der Waals surface area contributed by atoms with E-state index in [4.69, 9.17) is 9.47 Å². The summed E-state index contributed by atoms with van der Waals surface area (Å²) in [6, 6.07) is 4.23. The van der Waals surface area contributed by atoms with Gasteiger partial charge < -0.3 is 29.4 Å². The molecule has 0 fully saturated rings. The lowest BCUT2D eigenvalue weighted by atomic mass is 9.97. The first-order valence-electron chi connectivity index (χ1n) is 8.67. The van der Waals surface area contributed by atoms with E-state index in [9.17, 15) is 20.1 Å². The highest BCUT2D eigenvalue weighted by atomic mass is 16.5. The Bertz CT molecular complexity index is 1160. The van der Waals surface area contributed by atoms with Crippen molar-refractivity contribution in [2.75, 3.05) is 14.2 Å². The maximum atomic E-state index is 13.2. The van der Waals surface area contributed by atoms with Crippen LogP contribution in [0, 0.1) is 0 Å². The molecule has 0 amide bonds. The minimum atomic E-state index is -0.862. The van der Waals surface area contributed by atoms with Gasteiger partial charge >= 0.3 is 0 Å². The van der Waals surface area contributed by atoms with Gasteiger partial charge in [0.05, 0.1) is 42.1 Å². The number of pyridine rings is 1. The minimum Gasteiger partial charge on any atom is -0.507 e. The van der Waals surface area contributed by atoms with E-state index in [-0.39, 0.29) is 34.4 Å². The number of aromatic hydroxyl groups is 2. The number of hydrogen-bond acceptors (Lipinski definition) is 6. The lowest BCUT2D eigenvalue weighted by molar-refractivity contribution is 0.210. The number of phenols is 2. The normalized spacial score (nSPS) is 12.3. The number of aryl methyl sites for hydroxylation is 1. The van der Waals surface area contributed by atoms with Crippen LogP contribution in [0.2, 0.25) is 0 Å². The summed E-state index contributed by atoms with van der Waals surface area (Å²) in [5.41, 5.74) is 1.45. The molecule has 148 valence electrons. The van der Waals surface area contributed by atoms with Crippen LogP contribution in [-0.4, -0.2) is 40.2 Å².